The standard InChI is InChI=1S/C16H24ClNO3/c1-4-21-15-9-11(8-13(17)16(15)20-3)7-12-10-18(2)6-5-14(12)19/h8-9,12,14,19H,4-7,10H2,1-3H3. The SMILES string of the molecule is CCOc1cc(CC2CN(C)CCC2O)cc(Cl)c1OC. The lowest BCUT2D eigenvalue weighted by Crippen LogP contribution is -2.41. The molecule has 1 heterocycles. The van der Waals surface area contributed by atoms with E-state index >= 15 is 0 Å². The quantitative estimate of drug-likeness (QED) is 0.907. The topological polar surface area (TPSA) is 41.9 Å². The minimum absolute atomic E-state index is 0.225. The van der Waals surface area contributed by atoms with Gasteiger partial charge in [0.05, 0.1) is 24.8 Å². The number of hydrogen-bond donors (Lipinski definition) is 1. The minimum atomic E-state index is -0.252. The second-order valence-corrected chi connectivity index (χ2v) is 6.03. The summed E-state index contributed by atoms with van der Waals surface area (Å²) in [6, 6.07) is 3.87. The molecule has 0 spiro atoms. The Morgan fingerprint density at radius 2 is 2.19 bits per heavy atom. The van der Waals surface area contributed by atoms with E-state index < -0.39 is 0 Å². The highest BCUT2D eigenvalue weighted by molar-refractivity contribution is 6.32. The summed E-state index contributed by atoms with van der Waals surface area (Å²) in [6.07, 6.45) is 1.36. The summed E-state index contributed by atoms with van der Waals surface area (Å²) in [5.41, 5.74) is 1.07. The Morgan fingerprint density at radius 3 is 2.86 bits per heavy atom. The molecule has 1 aromatic rings. The molecule has 1 aromatic carbocycles. The normalized spacial score (nSPS) is 23.1. The zero-order valence-corrected chi connectivity index (χ0v) is 13.7. The molecule has 2 atom stereocenters. The van der Waals surface area contributed by atoms with Gasteiger partial charge in [-0.05, 0) is 44.5 Å². The highest BCUT2D eigenvalue weighted by Gasteiger charge is 2.26. The Morgan fingerprint density at radius 1 is 1.43 bits per heavy atom. The van der Waals surface area contributed by atoms with E-state index in [1.807, 2.05) is 19.1 Å². The van der Waals surface area contributed by atoms with Crippen molar-refractivity contribution >= 4 is 11.6 Å². The average Bonchev–Trinajstić information content (AvgIpc) is 2.43. The van der Waals surface area contributed by atoms with E-state index in [-0.39, 0.29) is 12.0 Å². The van der Waals surface area contributed by atoms with Crippen molar-refractivity contribution in [3.05, 3.63) is 22.7 Å². The lowest BCUT2D eigenvalue weighted by atomic mass is 9.89. The monoisotopic (exact) mass is 313 g/mol. The van der Waals surface area contributed by atoms with Gasteiger partial charge in [0.2, 0.25) is 0 Å². The van der Waals surface area contributed by atoms with Gasteiger partial charge in [-0.15, -0.1) is 0 Å². The van der Waals surface area contributed by atoms with Crippen LogP contribution in [0.1, 0.15) is 18.9 Å². The molecule has 4 nitrogen and oxygen atoms in total. The first-order chi connectivity index (χ1) is 10.0. The van der Waals surface area contributed by atoms with Gasteiger partial charge in [-0.1, -0.05) is 11.6 Å². The van der Waals surface area contributed by atoms with Crippen LogP contribution in [0.3, 0.4) is 0 Å². The molecule has 0 saturated carbocycles. The predicted molar refractivity (Wildman–Crippen MR) is 84.5 cm³/mol. The molecular weight excluding hydrogens is 290 g/mol. The van der Waals surface area contributed by atoms with Crippen LogP contribution in [-0.4, -0.2) is 50.0 Å². The molecule has 1 aliphatic heterocycles. The Labute approximate surface area is 131 Å². The maximum Gasteiger partial charge on any atom is 0.179 e. The number of ether oxygens (including phenoxy) is 2. The molecule has 1 saturated heterocycles. The summed E-state index contributed by atoms with van der Waals surface area (Å²) in [5.74, 6) is 1.47. The lowest BCUT2D eigenvalue weighted by Gasteiger charge is -2.34. The number of aliphatic hydroxyl groups excluding tert-OH is 1. The van der Waals surface area contributed by atoms with E-state index in [1.165, 1.54) is 0 Å². The predicted octanol–water partition coefficient (Wildman–Crippen LogP) is 2.60. The Bertz CT molecular complexity index is 481. The molecule has 1 fully saturated rings. The first-order valence-corrected chi connectivity index (χ1v) is 7.78. The van der Waals surface area contributed by atoms with Crippen LogP contribution in [0.25, 0.3) is 0 Å². The smallest absolute Gasteiger partial charge is 0.179 e. The Hall–Kier alpha value is -0.970. The highest BCUT2D eigenvalue weighted by Crippen LogP contribution is 2.37. The van der Waals surface area contributed by atoms with E-state index in [2.05, 4.69) is 11.9 Å². The highest BCUT2D eigenvalue weighted by atomic mass is 35.5. The van der Waals surface area contributed by atoms with Crippen LogP contribution in [-0.2, 0) is 6.42 Å². The number of benzene rings is 1. The maximum atomic E-state index is 10.2. The van der Waals surface area contributed by atoms with Crippen LogP contribution in [0.5, 0.6) is 11.5 Å². The number of likely N-dealkylation sites (tertiary alicyclic amines) is 1. The van der Waals surface area contributed by atoms with Crippen LogP contribution in [0.2, 0.25) is 5.02 Å². The lowest BCUT2D eigenvalue weighted by molar-refractivity contribution is 0.0366. The van der Waals surface area contributed by atoms with Gasteiger partial charge in [0, 0.05) is 19.0 Å². The second-order valence-electron chi connectivity index (χ2n) is 5.62. The molecule has 0 bridgehead atoms. The summed E-state index contributed by atoms with van der Waals surface area (Å²) < 4.78 is 10.9. The van der Waals surface area contributed by atoms with Crippen LogP contribution < -0.4 is 9.47 Å². The molecule has 118 valence electrons. The third kappa shape index (κ3) is 4.02. The molecule has 1 N–H and O–H groups in total. The number of nitrogens with zero attached hydrogens (tertiary/aromatic N) is 1. The number of hydrogen-bond acceptors (Lipinski definition) is 4. The molecule has 0 radical (unpaired) electrons. The van der Waals surface area contributed by atoms with Gasteiger partial charge in [-0.2, -0.15) is 0 Å². The third-order valence-corrected chi connectivity index (χ3v) is 4.25. The molecular formula is C16H24ClNO3. The molecule has 0 aromatic heterocycles. The molecule has 1 aliphatic rings. The van der Waals surface area contributed by atoms with Crippen molar-refractivity contribution in [2.45, 2.75) is 25.9 Å². The van der Waals surface area contributed by atoms with Gasteiger partial charge in [0.15, 0.2) is 11.5 Å². The second kappa shape index (κ2) is 7.34. The molecule has 21 heavy (non-hydrogen) atoms. The summed E-state index contributed by atoms with van der Waals surface area (Å²) in [5, 5.41) is 10.7. The van der Waals surface area contributed by atoms with Crippen LogP contribution in [0, 0.1) is 5.92 Å². The van der Waals surface area contributed by atoms with Crippen molar-refractivity contribution in [2.75, 3.05) is 33.9 Å². The first-order valence-electron chi connectivity index (χ1n) is 7.41. The van der Waals surface area contributed by atoms with E-state index in [9.17, 15) is 5.11 Å². The molecule has 2 unspecified atom stereocenters. The fraction of sp³-hybridized carbons (Fsp3) is 0.625. The summed E-state index contributed by atoms with van der Waals surface area (Å²) in [7, 11) is 3.68. The summed E-state index contributed by atoms with van der Waals surface area (Å²) in [4.78, 5) is 2.26. The van der Waals surface area contributed by atoms with Gasteiger partial charge in [-0.25, -0.2) is 0 Å². The third-order valence-electron chi connectivity index (χ3n) is 3.97. The maximum absolute atomic E-state index is 10.2. The van der Waals surface area contributed by atoms with E-state index in [1.54, 1.807) is 7.11 Å². The van der Waals surface area contributed by atoms with Crippen LogP contribution in [0.15, 0.2) is 12.1 Å². The van der Waals surface area contributed by atoms with Gasteiger partial charge < -0.3 is 19.5 Å². The summed E-state index contributed by atoms with van der Waals surface area (Å²) >= 11 is 6.28. The fourth-order valence-electron chi connectivity index (χ4n) is 2.91. The van der Waals surface area contributed by atoms with Crippen molar-refractivity contribution < 1.29 is 14.6 Å². The van der Waals surface area contributed by atoms with Crippen LogP contribution in [0.4, 0.5) is 0 Å². The Balaban J connectivity index is 2.19. The van der Waals surface area contributed by atoms with E-state index in [0.29, 0.717) is 23.1 Å². The van der Waals surface area contributed by atoms with Gasteiger partial charge in [0.1, 0.15) is 0 Å². The number of halogens is 1. The number of methoxy groups -OCH3 is 1. The van der Waals surface area contributed by atoms with Crippen molar-refractivity contribution in [2.24, 2.45) is 5.92 Å². The van der Waals surface area contributed by atoms with Crippen LogP contribution >= 0.6 is 11.6 Å². The molecule has 2 rings (SSSR count). The van der Waals surface area contributed by atoms with Crippen molar-refractivity contribution in [3.63, 3.8) is 0 Å². The number of piperidine rings is 1. The average molecular weight is 314 g/mol. The largest absolute Gasteiger partial charge is 0.491 e. The number of rotatable bonds is 5. The minimum Gasteiger partial charge on any atom is -0.491 e. The molecule has 0 amide bonds. The van der Waals surface area contributed by atoms with Gasteiger partial charge in [-0.3, -0.25) is 0 Å². The van der Waals surface area contributed by atoms with Crippen molar-refractivity contribution in [1.82, 2.24) is 4.90 Å². The zero-order valence-electron chi connectivity index (χ0n) is 12.9. The van der Waals surface area contributed by atoms with Gasteiger partial charge in [0.25, 0.3) is 0 Å². The molecule has 0 aliphatic carbocycles. The zero-order chi connectivity index (χ0) is 15.4. The molecule has 5 heteroatoms. The van der Waals surface area contributed by atoms with Crippen molar-refractivity contribution in [1.29, 1.82) is 0 Å². The van der Waals surface area contributed by atoms with Crippen molar-refractivity contribution in [3.8, 4) is 11.5 Å². The Kier molecular flexibility index (Phi) is 5.73. The van der Waals surface area contributed by atoms with E-state index in [4.69, 9.17) is 21.1 Å². The van der Waals surface area contributed by atoms with E-state index in [0.717, 1.165) is 31.5 Å². The summed E-state index contributed by atoms with van der Waals surface area (Å²) in [6.45, 7) is 4.34. The van der Waals surface area contributed by atoms with Gasteiger partial charge >= 0.3 is 0 Å². The number of aliphatic hydroxyl groups is 1. The fourth-order valence-corrected chi connectivity index (χ4v) is 3.22. The first kappa shape index (κ1) is 16.4.